The topological polar surface area (TPSA) is 95.6 Å². The zero-order valence-electron chi connectivity index (χ0n) is 7.53. The summed E-state index contributed by atoms with van der Waals surface area (Å²) in [7, 11) is 0. The Labute approximate surface area is 81.2 Å². The van der Waals surface area contributed by atoms with Crippen LogP contribution in [0.3, 0.4) is 0 Å². The van der Waals surface area contributed by atoms with Crippen LogP contribution in [0.4, 0.5) is 5.69 Å². The molecule has 1 aromatic carbocycles. The summed E-state index contributed by atoms with van der Waals surface area (Å²) in [6.07, 6.45) is 0. The molecule has 0 amide bonds. The molecular formula is C9H12N2O3. The molecule has 76 valence electrons. The lowest BCUT2D eigenvalue weighted by molar-refractivity contribution is 0.0694. The van der Waals surface area contributed by atoms with Gasteiger partial charge in [-0.05, 0) is 18.2 Å². The summed E-state index contributed by atoms with van der Waals surface area (Å²) in [5.74, 6) is -1.39. The number of rotatable bonds is 4. The second-order valence-corrected chi connectivity index (χ2v) is 2.75. The van der Waals surface area contributed by atoms with Crippen molar-refractivity contribution in [3.05, 3.63) is 23.8 Å². The number of phenols is 1. The van der Waals surface area contributed by atoms with E-state index >= 15 is 0 Å². The average molecular weight is 196 g/mol. The molecule has 1 aromatic rings. The molecule has 0 aliphatic rings. The number of carboxylic acid groups (broad SMARTS) is 1. The summed E-state index contributed by atoms with van der Waals surface area (Å²) < 4.78 is 0. The molecule has 0 radical (unpaired) electrons. The van der Waals surface area contributed by atoms with Gasteiger partial charge in [0.2, 0.25) is 0 Å². The van der Waals surface area contributed by atoms with Crippen LogP contribution in [-0.2, 0) is 0 Å². The molecule has 1 rings (SSSR count). The Morgan fingerprint density at radius 2 is 2.21 bits per heavy atom. The van der Waals surface area contributed by atoms with Crippen LogP contribution in [0.15, 0.2) is 18.2 Å². The van der Waals surface area contributed by atoms with Crippen molar-refractivity contribution in [2.24, 2.45) is 5.73 Å². The third-order valence-corrected chi connectivity index (χ3v) is 1.70. The molecule has 5 N–H and O–H groups in total. The number of anilines is 1. The zero-order valence-corrected chi connectivity index (χ0v) is 7.53. The highest BCUT2D eigenvalue weighted by molar-refractivity contribution is 5.91. The molecule has 0 fully saturated rings. The van der Waals surface area contributed by atoms with E-state index in [1.807, 2.05) is 0 Å². The minimum Gasteiger partial charge on any atom is -0.507 e. The lowest BCUT2D eigenvalue weighted by Crippen LogP contribution is -2.13. The number of hydrogen-bond donors (Lipinski definition) is 4. The van der Waals surface area contributed by atoms with Crippen LogP contribution in [0, 0.1) is 0 Å². The highest BCUT2D eigenvalue weighted by Crippen LogP contribution is 2.20. The Bertz CT molecular complexity index is 339. The summed E-state index contributed by atoms with van der Waals surface area (Å²) in [6, 6.07) is 4.30. The fourth-order valence-corrected chi connectivity index (χ4v) is 1.03. The smallest absolute Gasteiger partial charge is 0.339 e. The molecule has 0 aliphatic heterocycles. The third kappa shape index (κ3) is 2.37. The Kier molecular flexibility index (Phi) is 3.30. The Balaban J connectivity index is 2.89. The highest BCUT2D eigenvalue weighted by Gasteiger charge is 2.09. The van der Waals surface area contributed by atoms with Gasteiger partial charge in [0.1, 0.15) is 11.3 Å². The molecule has 0 saturated heterocycles. The summed E-state index contributed by atoms with van der Waals surface area (Å²) >= 11 is 0. The number of aromatic hydroxyl groups is 1. The van der Waals surface area contributed by atoms with Crippen molar-refractivity contribution in [3.63, 3.8) is 0 Å². The first kappa shape index (κ1) is 10.3. The predicted molar refractivity (Wildman–Crippen MR) is 52.6 cm³/mol. The van der Waals surface area contributed by atoms with Crippen molar-refractivity contribution in [2.45, 2.75) is 0 Å². The van der Waals surface area contributed by atoms with E-state index in [1.165, 1.54) is 12.1 Å². The summed E-state index contributed by atoms with van der Waals surface area (Å²) in [5, 5.41) is 20.8. The van der Waals surface area contributed by atoms with E-state index in [-0.39, 0.29) is 11.3 Å². The fourth-order valence-electron chi connectivity index (χ4n) is 1.03. The molecule has 14 heavy (non-hydrogen) atoms. The molecule has 0 heterocycles. The van der Waals surface area contributed by atoms with Crippen molar-refractivity contribution in [1.29, 1.82) is 0 Å². The van der Waals surface area contributed by atoms with Gasteiger partial charge in [0.05, 0.1) is 0 Å². The number of carbonyl (C=O) groups is 1. The Hall–Kier alpha value is -1.75. The van der Waals surface area contributed by atoms with E-state index in [2.05, 4.69) is 5.32 Å². The van der Waals surface area contributed by atoms with E-state index in [0.29, 0.717) is 18.8 Å². The van der Waals surface area contributed by atoms with Crippen molar-refractivity contribution in [2.75, 3.05) is 18.4 Å². The molecule has 0 spiro atoms. The first-order valence-electron chi connectivity index (χ1n) is 4.15. The largest absolute Gasteiger partial charge is 0.507 e. The molecule has 0 unspecified atom stereocenters. The molecule has 0 bridgehead atoms. The SMILES string of the molecule is NCCNc1ccc(O)c(C(=O)O)c1. The van der Waals surface area contributed by atoms with E-state index in [4.69, 9.17) is 10.8 Å². The van der Waals surface area contributed by atoms with Gasteiger partial charge in [-0.3, -0.25) is 0 Å². The molecule has 0 aromatic heterocycles. The van der Waals surface area contributed by atoms with Gasteiger partial charge in [-0.1, -0.05) is 0 Å². The second-order valence-electron chi connectivity index (χ2n) is 2.75. The third-order valence-electron chi connectivity index (χ3n) is 1.70. The summed E-state index contributed by atoms with van der Waals surface area (Å²) in [6.45, 7) is 1.02. The van der Waals surface area contributed by atoms with Gasteiger partial charge in [0, 0.05) is 18.8 Å². The quantitative estimate of drug-likeness (QED) is 0.525. The first-order valence-corrected chi connectivity index (χ1v) is 4.15. The highest BCUT2D eigenvalue weighted by atomic mass is 16.4. The number of carboxylic acids is 1. The monoisotopic (exact) mass is 196 g/mol. The Morgan fingerprint density at radius 1 is 1.50 bits per heavy atom. The normalized spacial score (nSPS) is 9.79. The maximum absolute atomic E-state index is 10.6. The number of nitrogens with two attached hydrogens (primary N) is 1. The van der Waals surface area contributed by atoms with Crippen LogP contribution in [-0.4, -0.2) is 29.3 Å². The predicted octanol–water partition coefficient (Wildman–Crippen LogP) is 0.461. The van der Waals surface area contributed by atoms with Crippen LogP contribution in [0.5, 0.6) is 5.75 Å². The lowest BCUT2D eigenvalue weighted by Gasteiger charge is -2.06. The van der Waals surface area contributed by atoms with Crippen molar-refractivity contribution in [1.82, 2.24) is 0 Å². The van der Waals surface area contributed by atoms with Crippen LogP contribution in [0.1, 0.15) is 10.4 Å². The van der Waals surface area contributed by atoms with E-state index in [0.717, 1.165) is 0 Å². The molecule has 0 saturated carbocycles. The second kappa shape index (κ2) is 4.48. The summed E-state index contributed by atoms with van der Waals surface area (Å²) in [5.41, 5.74) is 5.79. The zero-order chi connectivity index (χ0) is 10.6. The van der Waals surface area contributed by atoms with E-state index in [1.54, 1.807) is 6.07 Å². The number of nitrogens with one attached hydrogen (secondary N) is 1. The van der Waals surface area contributed by atoms with Crippen molar-refractivity contribution < 1.29 is 15.0 Å². The fraction of sp³-hybridized carbons (Fsp3) is 0.222. The molecule has 0 atom stereocenters. The maximum Gasteiger partial charge on any atom is 0.339 e. The van der Waals surface area contributed by atoms with Crippen LogP contribution >= 0.6 is 0 Å². The maximum atomic E-state index is 10.6. The van der Waals surface area contributed by atoms with Crippen LogP contribution in [0.25, 0.3) is 0 Å². The minimum atomic E-state index is -1.15. The van der Waals surface area contributed by atoms with Gasteiger partial charge in [-0.15, -0.1) is 0 Å². The molecule has 0 aliphatic carbocycles. The molecule has 5 heteroatoms. The van der Waals surface area contributed by atoms with Gasteiger partial charge in [-0.25, -0.2) is 4.79 Å². The van der Waals surface area contributed by atoms with Gasteiger partial charge in [-0.2, -0.15) is 0 Å². The van der Waals surface area contributed by atoms with E-state index < -0.39 is 5.97 Å². The van der Waals surface area contributed by atoms with Crippen molar-refractivity contribution >= 4 is 11.7 Å². The van der Waals surface area contributed by atoms with E-state index in [9.17, 15) is 9.90 Å². The number of hydrogen-bond acceptors (Lipinski definition) is 4. The molecular weight excluding hydrogens is 184 g/mol. The van der Waals surface area contributed by atoms with Crippen LogP contribution < -0.4 is 11.1 Å². The van der Waals surface area contributed by atoms with Gasteiger partial charge >= 0.3 is 5.97 Å². The van der Waals surface area contributed by atoms with Crippen LogP contribution in [0.2, 0.25) is 0 Å². The average Bonchev–Trinajstić information content (AvgIpc) is 2.16. The standard InChI is InChI=1S/C9H12N2O3/c10-3-4-11-6-1-2-8(12)7(5-6)9(13)14/h1-2,5,11-12H,3-4,10H2,(H,13,14). The first-order chi connectivity index (χ1) is 6.65. The minimum absolute atomic E-state index is 0.118. The molecule has 5 nitrogen and oxygen atoms in total. The Morgan fingerprint density at radius 3 is 2.79 bits per heavy atom. The number of aromatic carboxylic acids is 1. The number of benzene rings is 1. The lowest BCUT2D eigenvalue weighted by atomic mass is 10.2. The van der Waals surface area contributed by atoms with Gasteiger partial charge < -0.3 is 21.3 Å². The summed E-state index contributed by atoms with van der Waals surface area (Å²) in [4.78, 5) is 10.6. The van der Waals surface area contributed by atoms with Gasteiger partial charge in [0.15, 0.2) is 0 Å². The van der Waals surface area contributed by atoms with Gasteiger partial charge in [0.25, 0.3) is 0 Å². The van der Waals surface area contributed by atoms with Crippen molar-refractivity contribution in [3.8, 4) is 5.75 Å².